The molecule has 0 heterocycles. The molecule has 0 atom stereocenters. The molecular formula is C34H68O4Sn. The Balaban J connectivity index is 4.68. The standard InChI is InChI=1S/2C12H24O2.2C5H11.Sn/c2*1-2-3-4-5-6-7-8-9-10-11-12(13)14;2*1-3-5-4-2;/h2*2-11H2,1H3,(H,13,14);2*1,3-5H2,2H3;/q;;;;+2/p-2. The predicted octanol–water partition coefficient (Wildman–Crippen LogP) is 11.7. The van der Waals surface area contributed by atoms with Crippen LogP contribution in [0.2, 0.25) is 8.87 Å². The molecule has 0 fully saturated rings. The van der Waals surface area contributed by atoms with Crippen molar-refractivity contribution < 1.29 is 15.7 Å². The second-order valence-electron chi connectivity index (χ2n) is 11.9. The molecule has 0 N–H and O–H groups in total. The summed E-state index contributed by atoms with van der Waals surface area (Å²) in [5, 5.41) is 0. The molecule has 0 saturated carbocycles. The molecule has 0 spiro atoms. The van der Waals surface area contributed by atoms with E-state index in [0.29, 0.717) is 12.8 Å². The second kappa shape index (κ2) is 29.2. The third-order valence-corrected chi connectivity index (χ3v) is 17.7. The Bertz CT molecular complexity index is 503. The van der Waals surface area contributed by atoms with Gasteiger partial charge in [0.2, 0.25) is 0 Å². The zero-order valence-corrected chi connectivity index (χ0v) is 29.8. The molecule has 0 unspecified atom stereocenters. The minimum atomic E-state index is -3.81. The van der Waals surface area contributed by atoms with Crippen molar-refractivity contribution in [3.8, 4) is 0 Å². The molecule has 0 aliphatic heterocycles. The van der Waals surface area contributed by atoms with Crippen molar-refractivity contribution in [1.29, 1.82) is 0 Å². The number of carbonyl (C=O) groups is 2. The number of hydrogen-bond acceptors (Lipinski definition) is 4. The smallest absolute Gasteiger partial charge is 0.0654 e. The van der Waals surface area contributed by atoms with Gasteiger partial charge in [0.25, 0.3) is 0 Å². The fourth-order valence-electron chi connectivity index (χ4n) is 5.32. The van der Waals surface area contributed by atoms with Crippen molar-refractivity contribution in [3.05, 3.63) is 0 Å². The first-order valence-corrected chi connectivity index (χ1v) is 23.8. The minimum Gasteiger partial charge on any atom is -0.0654 e. The van der Waals surface area contributed by atoms with Gasteiger partial charge >= 0.3 is 237 Å². The van der Waals surface area contributed by atoms with E-state index in [2.05, 4.69) is 27.7 Å². The molecule has 0 rings (SSSR count). The van der Waals surface area contributed by atoms with Crippen LogP contribution in [0.25, 0.3) is 0 Å². The van der Waals surface area contributed by atoms with Gasteiger partial charge in [-0.3, -0.25) is 0 Å². The first kappa shape index (κ1) is 38.7. The van der Waals surface area contributed by atoms with E-state index in [-0.39, 0.29) is 11.9 Å². The van der Waals surface area contributed by atoms with E-state index >= 15 is 0 Å². The van der Waals surface area contributed by atoms with E-state index in [1.54, 1.807) is 0 Å². The summed E-state index contributed by atoms with van der Waals surface area (Å²) < 4.78 is 14.3. The second-order valence-corrected chi connectivity index (χ2v) is 21.1. The third kappa shape index (κ3) is 25.2. The number of hydrogen-bond donors (Lipinski definition) is 0. The summed E-state index contributed by atoms with van der Waals surface area (Å²) in [7, 11) is 0. The van der Waals surface area contributed by atoms with Gasteiger partial charge in [0.05, 0.1) is 0 Å². The third-order valence-electron chi connectivity index (χ3n) is 7.89. The molecule has 0 aromatic carbocycles. The van der Waals surface area contributed by atoms with Crippen molar-refractivity contribution in [1.82, 2.24) is 0 Å². The van der Waals surface area contributed by atoms with Crippen LogP contribution in [-0.4, -0.2) is 31.1 Å². The Morgan fingerprint density at radius 2 is 0.641 bits per heavy atom. The molecule has 0 aromatic rings. The number of unbranched alkanes of at least 4 members (excludes halogenated alkanes) is 20. The Morgan fingerprint density at radius 3 is 0.949 bits per heavy atom. The fourth-order valence-corrected chi connectivity index (χ4v) is 14.8. The first-order valence-electron chi connectivity index (χ1n) is 17.5. The molecule has 39 heavy (non-hydrogen) atoms. The van der Waals surface area contributed by atoms with Crippen molar-refractivity contribution in [2.24, 2.45) is 0 Å². The molecule has 4 nitrogen and oxygen atoms in total. The predicted molar refractivity (Wildman–Crippen MR) is 170 cm³/mol. The van der Waals surface area contributed by atoms with E-state index in [1.807, 2.05) is 0 Å². The molecule has 0 saturated heterocycles. The normalized spacial score (nSPS) is 11.6. The van der Waals surface area contributed by atoms with Crippen LogP contribution in [0, 0.1) is 0 Å². The van der Waals surface area contributed by atoms with Crippen LogP contribution < -0.4 is 0 Å². The fraction of sp³-hybridized carbons (Fsp3) is 0.941. The van der Waals surface area contributed by atoms with Crippen molar-refractivity contribution in [2.45, 2.75) is 204 Å². The van der Waals surface area contributed by atoms with E-state index in [0.717, 1.165) is 73.1 Å². The van der Waals surface area contributed by atoms with Gasteiger partial charge in [-0.2, -0.15) is 0 Å². The monoisotopic (exact) mass is 660 g/mol. The summed E-state index contributed by atoms with van der Waals surface area (Å²) in [6, 6.07) is 0. The molecule has 5 heteroatoms. The Morgan fingerprint density at radius 1 is 0.385 bits per heavy atom. The Labute approximate surface area is 249 Å². The molecule has 0 radical (unpaired) electrons. The summed E-state index contributed by atoms with van der Waals surface area (Å²) in [6.07, 6.45) is 29.6. The Hall–Kier alpha value is -0.261. The van der Waals surface area contributed by atoms with E-state index in [9.17, 15) is 9.59 Å². The minimum absolute atomic E-state index is 0.0994. The van der Waals surface area contributed by atoms with Crippen LogP contribution in [0.3, 0.4) is 0 Å². The van der Waals surface area contributed by atoms with Gasteiger partial charge in [0.15, 0.2) is 0 Å². The average Bonchev–Trinajstić information content (AvgIpc) is 2.91. The van der Waals surface area contributed by atoms with Crippen LogP contribution >= 0.6 is 0 Å². The van der Waals surface area contributed by atoms with Crippen LogP contribution in [0.4, 0.5) is 0 Å². The van der Waals surface area contributed by atoms with Gasteiger partial charge in [0.1, 0.15) is 0 Å². The van der Waals surface area contributed by atoms with Gasteiger partial charge in [-0.1, -0.05) is 13.8 Å². The SMILES string of the molecule is CCCCCCCCCCCC(=O)[O][Sn]([CH2]CCCC)([CH2]CCCC)[O]C(=O)CCCCCCCCCCC. The molecule has 0 amide bonds. The summed E-state index contributed by atoms with van der Waals surface area (Å²) in [6.45, 7) is 8.90. The van der Waals surface area contributed by atoms with Crippen molar-refractivity contribution in [2.75, 3.05) is 0 Å². The zero-order chi connectivity index (χ0) is 28.9. The van der Waals surface area contributed by atoms with Gasteiger partial charge < -0.3 is 0 Å². The Kier molecular flexibility index (Phi) is 29.0. The molecule has 0 bridgehead atoms. The van der Waals surface area contributed by atoms with Crippen LogP contribution in [-0.2, 0) is 15.7 Å². The molecule has 232 valence electrons. The van der Waals surface area contributed by atoms with Crippen LogP contribution in [0.5, 0.6) is 0 Å². The van der Waals surface area contributed by atoms with E-state index < -0.39 is 19.2 Å². The molecular weight excluding hydrogens is 591 g/mol. The summed E-state index contributed by atoms with van der Waals surface area (Å²) in [5.74, 6) is -0.199. The molecule has 0 aliphatic carbocycles. The van der Waals surface area contributed by atoms with Gasteiger partial charge in [0, 0.05) is 0 Å². The van der Waals surface area contributed by atoms with Crippen LogP contribution in [0.15, 0.2) is 0 Å². The first-order chi connectivity index (χ1) is 19.0. The average molecular weight is 660 g/mol. The summed E-state index contributed by atoms with van der Waals surface area (Å²) >= 11 is -3.81. The molecule has 0 aromatic heterocycles. The molecule has 0 aliphatic rings. The van der Waals surface area contributed by atoms with E-state index in [4.69, 9.17) is 6.15 Å². The van der Waals surface area contributed by atoms with Crippen LogP contribution in [0.1, 0.15) is 195 Å². The summed E-state index contributed by atoms with van der Waals surface area (Å²) in [5.41, 5.74) is 0. The van der Waals surface area contributed by atoms with Gasteiger partial charge in [-0.15, -0.1) is 0 Å². The van der Waals surface area contributed by atoms with Gasteiger partial charge in [-0.05, 0) is 0 Å². The quantitative estimate of drug-likeness (QED) is 0.0569. The topological polar surface area (TPSA) is 52.6 Å². The van der Waals surface area contributed by atoms with Gasteiger partial charge in [-0.25, -0.2) is 0 Å². The van der Waals surface area contributed by atoms with E-state index in [1.165, 1.54) is 89.9 Å². The number of carbonyl (C=O) groups excluding carboxylic acids is 2. The summed E-state index contributed by atoms with van der Waals surface area (Å²) in [4.78, 5) is 26.0. The zero-order valence-electron chi connectivity index (χ0n) is 26.9. The maximum atomic E-state index is 13.0. The number of rotatable bonds is 30. The van der Waals surface area contributed by atoms with Crippen molar-refractivity contribution in [3.63, 3.8) is 0 Å². The van der Waals surface area contributed by atoms with Crippen molar-refractivity contribution >= 4 is 31.1 Å². The maximum absolute atomic E-state index is 13.0.